The average Bonchev–Trinajstić information content (AvgIpc) is 3.38. The first-order valence-electron chi connectivity index (χ1n) is 11.5. The summed E-state index contributed by atoms with van der Waals surface area (Å²) in [4.78, 5) is 40.2. The number of nitrogens with zero attached hydrogens (tertiary/aromatic N) is 2. The minimum absolute atomic E-state index is 0.0576. The number of piperazine rings is 1. The van der Waals surface area contributed by atoms with Gasteiger partial charge in [-0.05, 0) is 31.4 Å². The van der Waals surface area contributed by atoms with Gasteiger partial charge < -0.3 is 30.6 Å². The summed E-state index contributed by atoms with van der Waals surface area (Å²) in [5, 5.41) is 25.7. The van der Waals surface area contributed by atoms with E-state index < -0.39 is 24.0 Å². The van der Waals surface area contributed by atoms with Crippen LogP contribution in [0.2, 0.25) is 0 Å². The van der Waals surface area contributed by atoms with Gasteiger partial charge in [-0.2, -0.15) is 0 Å². The summed E-state index contributed by atoms with van der Waals surface area (Å²) in [6, 6.07) is 9.85. The third-order valence-corrected chi connectivity index (χ3v) is 6.21. The first kappa shape index (κ1) is 24.0. The van der Waals surface area contributed by atoms with Crippen LogP contribution < -0.4 is 15.5 Å². The number of aliphatic hydroxyl groups is 2. The van der Waals surface area contributed by atoms with Crippen LogP contribution in [-0.4, -0.2) is 84.3 Å². The molecule has 3 amide bonds. The van der Waals surface area contributed by atoms with Crippen LogP contribution in [0.25, 0.3) is 0 Å². The van der Waals surface area contributed by atoms with Crippen LogP contribution in [0.15, 0.2) is 30.3 Å². The molecule has 0 bridgehead atoms. The molecular weight excluding hydrogens is 412 g/mol. The molecule has 1 heterocycles. The van der Waals surface area contributed by atoms with Gasteiger partial charge in [0.1, 0.15) is 0 Å². The van der Waals surface area contributed by atoms with Crippen molar-refractivity contribution in [2.75, 3.05) is 44.2 Å². The van der Waals surface area contributed by atoms with E-state index in [1.807, 2.05) is 30.3 Å². The molecule has 2 unspecified atom stereocenters. The van der Waals surface area contributed by atoms with Gasteiger partial charge >= 0.3 is 0 Å². The monoisotopic (exact) mass is 446 g/mol. The molecule has 2 atom stereocenters. The predicted octanol–water partition coefficient (Wildman–Crippen LogP) is -0.130. The molecule has 1 aromatic carbocycles. The van der Waals surface area contributed by atoms with Crippen molar-refractivity contribution in [1.82, 2.24) is 15.5 Å². The molecule has 1 aliphatic carbocycles. The Morgan fingerprint density at radius 1 is 0.906 bits per heavy atom. The van der Waals surface area contributed by atoms with Gasteiger partial charge in [-0.3, -0.25) is 14.4 Å². The summed E-state index contributed by atoms with van der Waals surface area (Å²) in [6.07, 6.45) is 0.917. The molecule has 0 aromatic heterocycles. The van der Waals surface area contributed by atoms with Gasteiger partial charge in [0.05, 0.1) is 0 Å². The maximum atomic E-state index is 12.5. The molecule has 32 heavy (non-hydrogen) atoms. The molecule has 1 saturated carbocycles. The van der Waals surface area contributed by atoms with Crippen molar-refractivity contribution in [3.05, 3.63) is 30.3 Å². The van der Waals surface area contributed by atoms with Gasteiger partial charge in [-0.1, -0.05) is 31.0 Å². The van der Waals surface area contributed by atoms with Crippen molar-refractivity contribution in [1.29, 1.82) is 0 Å². The molecule has 3 rings (SSSR count). The lowest BCUT2D eigenvalue weighted by Crippen LogP contribution is -2.55. The van der Waals surface area contributed by atoms with Crippen LogP contribution in [-0.2, 0) is 14.4 Å². The molecule has 4 N–H and O–H groups in total. The zero-order valence-corrected chi connectivity index (χ0v) is 18.4. The van der Waals surface area contributed by atoms with Crippen molar-refractivity contribution >= 4 is 23.4 Å². The van der Waals surface area contributed by atoms with Crippen LogP contribution in [0.5, 0.6) is 0 Å². The largest absolute Gasteiger partial charge is 0.380 e. The number of carbonyl (C=O) groups is 3. The zero-order valence-electron chi connectivity index (χ0n) is 18.4. The van der Waals surface area contributed by atoms with Crippen LogP contribution in [0.1, 0.15) is 32.1 Å². The molecule has 1 aromatic rings. The maximum absolute atomic E-state index is 12.5. The molecule has 0 spiro atoms. The van der Waals surface area contributed by atoms with E-state index in [0.29, 0.717) is 39.1 Å². The lowest BCUT2D eigenvalue weighted by molar-refractivity contribution is -0.153. The Labute approximate surface area is 188 Å². The number of hydrogen-bond donors (Lipinski definition) is 4. The Morgan fingerprint density at radius 3 is 2.19 bits per heavy atom. The van der Waals surface area contributed by atoms with Crippen molar-refractivity contribution in [2.24, 2.45) is 5.92 Å². The highest BCUT2D eigenvalue weighted by molar-refractivity contribution is 5.90. The van der Waals surface area contributed by atoms with E-state index in [0.717, 1.165) is 31.4 Å². The van der Waals surface area contributed by atoms with Gasteiger partial charge in [0.2, 0.25) is 5.91 Å². The maximum Gasteiger partial charge on any atom is 0.254 e. The Hall–Kier alpha value is -2.65. The number of anilines is 1. The number of carbonyl (C=O) groups excluding carboxylic acids is 3. The molecule has 1 aliphatic heterocycles. The third kappa shape index (κ3) is 6.43. The SMILES string of the molecule is O=C(NCCCNC(=O)C(O)C(O)C(=O)N1CCN(c2ccccc2)CC1)C1CCCC1. The molecule has 1 saturated heterocycles. The van der Waals surface area contributed by atoms with Crippen LogP contribution in [0.3, 0.4) is 0 Å². The second-order valence-electron chi connectivity index (χ2n) is 8.45. The average molecular weight is 447 g/mol. The minimum Gasteiger partial charge on any atom is -0.380 e. The van der Waals surface area contributed by atoms with Crippen molar-refractivity contribution < 1.29 is 24.6 Å². The van der Waals surface area contributed by atoms with E-state index in [9.17, 15) is 24.6 Å². The van der Waals surface area contributed by atoms with E-state index >= 15 is 0 Å². The normalized spacial score (nSPS) is 18.8. The molecular formula is C23H34N4O5. The van der Waals surface area contributed by atoms with Gasteiger partial charge in [0.15, 0.2) is 12.2 Å². The number of aliphatic hydroxyl groups excluding tert-OH is 2. The highest BCUT2D eigenvalue weighted by Crippen LogP contribution is 2.24. The fourth-order valence-corrected chi connectivity index (χ4v) is 4.24. The molecule has 2 fully saturated rings. The highest BCUT2D eigenvalue weighted by Gasteiger charge is 2.34. The molecule has 2 aliphatic rings. The number of amides is 3. The van der Waals surface area contributed by atoms with Gasteiger partial charge in [-0.15, -0.1) is 0 Å². The topological polar surface area (TPSA) is 122 Å². The fourth-order valence-electron chi connectivity index (χ4n) is 4.24. The number of rotatable bonds is 9. The van der Waals surface area contributed by atoms with E-state index in [1.54, 1.807) is 0 Å². The Balaban J connectivity index is 1.34. The smallest absolute Gasteiger partial charge is 0.254 e. The number of nitrogens with one attached hydrogen (secondary N) is 2. The van der Waals surface area contributed by atoms with Crippen molar-refractivity contribution in [2.45, 2.75) is 44.3 Å². The predicted molar refractivity (Wildman–Crippen MR) is 120 cm³/mol. The first-order valence-corrected chi connectivity index (χ1v) is 11.5. The first-order chi connectivity index (χ1) is 15.5. The molecule has 9 nitrogen and oxygen atoms in total. The Kier molecular flexibility index (Phi) is 8.87. The summed E-state index contributed by atoms with van der Waals surface area (Å²) in [5.41, 5.74) is 1.07. The molecule has 0 radical (unpaired) electrons. The highest BCUT2D eigenvalue weighted by atomic mass is 16.3. The summed E-state index contributed by atoms with van der Waals surface area (Å²) >= 11 is 0. The Bertz CT molecular complexity index is 761. The van der Waals surface area contributed by atoms with Gasteiger partial charge in [-0.25, -0.2) is 0 Å². The fraction of sp³-hybridized carbons (Fsp3) is 0.609. The second-order valence-corrected chi connectivity index (χ2v) is 8.45. The van der Waals surface area contributed by atoms with Crippen molar-refractivity contribution in [3.63, 3.8) is 0 Å². The van der Waals surface area contributed by atoms with Crippen LogP contribution >= 0.6 is 0 Å². The number of para-hydroxylation sites is 1. The summed E-state index contributed by atoms with van der Waals surface area (Å²) in [7, 11) is 0. The van der Waals surface area contributed by atoms with Gasteiger partial charge in [0.25, 0.3) is 11.8 Å². The number of benzene rings is 1. The molecule has 176 valence electrons. The van der Waals surface area contributed by atoms with E-state index in [1.165, 1.54) is 4.90 Å². The van der Waals surface area contributed by atoms with Crippen LogP contribution in [0, 0.1) is 5.92 Å². The lowest BCUT2D eigenvalue weighted by Gasteiger charge is -2.37. The van der Waals surface area contributed by atoms with Crippen LogP contribution in [0.4, 0.5) is 5.69 Å². The Morgan fingerprint density at radius 2 is 1.53 bits per heavy atom. The summed E-state index contributed by atoms with van der Waals surface area (Å²) < 4.78 is 0. The number of hydrogen-bond acceptors (Lipinski definition) is 6. The molecule has 9 heteroatoms. The lowest BCUT2D eigenvalue weighted by atomic mass is 10.1. The standard InChI is InChI=1S/C23H34N4O5/c28-19(22(31)25-12-6-11-24-21(30)17-7-4-5-8-17)20(29)23(32)27-15-13-26(14-16-27)18-9-2-1-3-10-18/h1-3,9-10,17,19-20,28-29H,4-8,11-16H2,(H,24,30)(H,25,31). The summed E-state index contributed by atoms with van der Waals surface area (Å²) in [5.74, 6) is -1.29. The third-order valence-electron chi connectivity index (χ3n) is 6.21. The van der Waals surface area contributed by atoms with E-state index in [4.69, 9.17) is 0 Å². The van der Waals surface area contributed by atoms with Gasteiger partial charge in [0, 0.05) is 50.9 Å². The zero-order chi connectivity index (χ0) is 22.9. The second kappa shape index (κ2) is 11.8. The van der Waals surface area contributed by atoms with E-state index in [-0.39, 0.29) is 18.4 Å². The minimum atomic E-state index is -1.83. The quantitative estimate of drug-likeness (QED) is 0.392. The summed E-state index contributed by atoms with van der Waals surface area (Å²) in [6.45, 7) is 2.69. The van der Waals surface area contributed by atoms with E-state index in [2.05, 4.69) is 15.5 Å². The van der Waals surface area contributed by atoms with Crippen molar-refractivity contribution in [3.8, 4) is 0 Å².